The Kier molecular flexibility index (Phi) is 2.83. The smallest absolute Gasteiger partial charge is 0.111 e. The fraction of sp³-hybridized carbons (Fsp3) is 0.300. The Morgan fingerprint density at radius 2 is 1.88 bits per heavy atom. The van der Waals surface area contributed by atoms with E-state index in [-0.39, 0.29) is 0 Å². The van der Waals surface area contributed by atoms with E-state index in [0.29, 0.717) is 17.6 Å². The Balaban J connectivity index is 1.60. The number of aromatic nitrogens is 2. The number of hydrogen-bond acceptors (Lipinski definition) is 3. The number of hydrogen-bond donors (Lipinski definition) is 0. The average molecular weight is 314 g/mol. The van der Waals surface area contributed by atoms with Crippen LogP contribution < -0.4 is 0 Å². The largest absolute Gasteiger partial charge is 0.323 e. The highest BCUT2D eigenvalue weighted by molar-refractivity contribution is 5.83. The highest BCUT2D eigenvalue weighted by Crippen LogP contribution is 2.38. The van der Waals surface area contributed by atoms with Crippen LogP contribution in [-0.2, 0) is 6.42 Å². The van der Waals surface area contributed by atoms with E-state index in [2.05, 4.69) is 40.8 Å². The molecule has 2 aliphatic heterocycles. The van der Waals surface area contributed by atoms with E-state index in [1.807, 2.05) is 24.3 Å². The second-order valence-corrected chi connectivity index (χ2v) is 6.98. The molecule has 4 nitrogen and oxygen atoms in total. The maximum atomic E-state index is 8.94. The zero-order chi connectivity index (χ0) is 16.3. The van der Waals surface area contributed by atoms with Gasteiger partial charge in [0.15, 0.2) is 0 Å². The lowest BCUT2D eigenvalue weighted by Gasteiger charge is -2.22. The van der Waals surface area contributed by atoms with Crippen LogP contribution in [0.3, 0.4) is 0 Å². The van der Waals surface area contributed by atoms with Gasteiger partial charge < -0.3 is 9.47 Å². The van der Waals surface area contributed by atoms with Gasteiger partial charge in [0.05, 0.1) is 22.7 Å². The minimum atomic E-state index is 0.564. The highest BCUT2D eigenvalue weighted by atomic mass is 15.3. The molecule has 4 heteroatoms. The summed E-state index contributed by atoms with van der Waals surface area (Å²) in [4.78, 5) is 7.40. The first-order valence-corrected chi connectivity index (χ1v) is 8.44. The number of likely N-dealkylation sites (N-methyl/N-ethyl adjacent to an activating group) is 1. The Morgan fingerprint density at radius 1 is 1.08 bits per heavy atom. The Labute approximate surface area is 141 Å². The monoisotopic (exact) mass is 314 g/mol. The van der Waals surface area contributed by atoms with E-state index < -0.39 is 0 Å². The predicted molar refractivity (Wildman–Crippen MR) is 93.7 cm³/mol. The van der Waals surface area contributed by atoms with Gasteiger partial charge in [-0.2, -0.15) is 5.26 Å². The molecule has 0 saturated carbocycles. The standard InChI is InChI=1S/C20H18N4/c1-23-12-17-9-16(23)10-20-22-18-8-15(6-7-19(18)24(17)20)14-4-2-13(11-21)3-5-14/h2-8,16-17H,9-10,12H2,1H3. The van der Waals surface area contributed by atoms with Crippen LogP contribution in [0, 0.1) is 11.3 Å². The summed E-state index contributed by atoms with van der Waals surface area (Å²) < 4.78 is 2.46. The Hall–Kier alpha value is -2.64. The van der Waals surface area contributed by atoms with Crippen LogP contribution in [0.15, 0.2) is 42.5 Å². The van der Waals surface area contributed by atoms with Crippen molar-refractivity contribution < 1.29 is 0 Å². The van der Waals surface area contributed by atoms with Gasteiger partial charge in [-0.1, -0.05) is 18.2 Å². The average Bonchev–Trinajstić information content (AvgIpc) is 3.12. The molecule has 3 aromatic rings. The van der Waals surface area contributed by atoms with Crippen molar-refractivity contribution in [2.24, 2.45) is 0 Å². The highest BCUT2D eigenvalue weighted by Gasteiger charge is 2.37. The van der Waals surface area contributed by atoms with Crippen LogP contribution in [0.5, 0.6) is 0 Å². The first-order chi connectivity index (χ1) is 11.7. The van der Waals surface area contributed by atoms with Gasteiger partial charge in [0.1, 0.15) is 5.82 Å². The van der Waals surface area contributed by atoms with Gasteiger partial charge in [0, 0.05) is 25.0 Å². The molecule has 0 radical (unpaired) electrons. The molecular weight excluding hydrogens is 296 g/mol. The molecule has 1 aromatic heterocycles. The molecule has 2 bridgehead atoms. The van der Waals surface area contributed by atoms with Crippen LogP contribution in [0.4, 0.5) is 0 Å². The molecular formula is C20H18N4. The van der Waals surface area contributed by atoms with Crippen LogP contribution in [0.1, 0.15) is 23.9 Å². The molecule has 1 fully saturated rings. The van der Waals surface area contributed by atoms with E-state index in [9.17, 15) is 0 Å². The molecule has 5 rings (SSSR count). The normalized spacial score (nSPS) is 22.5. The molecule has 0 spiro atoms. The summed E-state index contributed by atoms with van der Waals surface area (Å²) in [6.45, 7) is 1.13. The summed E-state index contributed by atoms with van der Waals surface area (Å²) in [5.74, 6) is 1.23. The molecule has 2 atom stereocenters. The lowest BCUT2D eigenvalue weighted by molar-refractivity contribution is 0.309. The van der Waals surface area contributed by atoms with Crippen molar-refractivity contribution in [2.75, 3.05) is 13.6 Å². The lowest BCUT2D eigenvalue weighted by Crippen LogP contribution is -2.27. The van der Waals surface area contributed by atoms with Crippen LogP contribution >= 0.6 is 0 Å². The summed E-state index contributed by atoms with van der Waals surface area (Å²) >= 11 is 0. The number of rotatable bonds is 1. The minimum Gasteiger partial charge on any atom is -0.323 e. The van der Waals surface area contributed by atoms with E-state index in [1.54, 1.807) is 0 Å². The van der Waals surface area contributed by atoms with Gasteiger partial charge in [-0.05, 0) is 48.9 Å². The molecule has 3 heterocycles. The molecule has 0 amide bonds. The molecule has 0 aliphatic carbocycles. The fourth-order valence-electron chi connectivity index (χ4n) is 4.30. The van der Waals surface area contributed by atoms with Crippen molar-refractivity contribution in [3.63, 3.8) is 0 Å². The topological polar surface area (TPSA) is 44.9 Å². The first kappa shape index (κ1) is 13.8. The molecule has 1 saturated heterocycles. The van der Waals surface area contributed by atoms with Gasteiger partial charge in [-0.15, -0.1) is 0 Å². The van der Waals surface area contributed by atoms with Gasteiger partial charge in [0.25, 0.3) is 0 Å². The van der Waals surface area contributed by atoms with Crippen LogP contribution in [0.25, 0.3) is 22.2 Å². The number of likely N-dealkylation sites (tertiary alicyclic amines) is 1. The molecule has 118 valence electrons. The fourth-order valence-corrected chi connectivity index (χ4v) is 4.30. The summed E-state index contributed by atoms with van der Waals surface area (Å²) in [6, 6.07) is 17.7. The summed E-state index contributed by atoms with van der Waals surface area (Å²) in [5.41, 5.74) is 5.31. The lowest BCUT2D eigenvalue weighted by atomic mass is 10.0. The maximum Gasteiger partial charge on any atom is 0.111 e. The predicted octanol–water partition coefficient (Wildman–Crippen LogP) is 3.38. The van der Waals surface area contributed by atoms with Gasteiger partial charge in [-0.3, -0.25) is 0 Å². The molecule has 2 unspecified atom stereocenters. The van der Waals surface area contributed by atoms with E-state index in [0.717, 1.165) is 29.6 Å². The van der Waals surface area contributed by atoms with Crippen molar-refractivity contribution in [3.8, 4) is 17.2 Å². The second kappa shape index (κ2) is 4.93. The molecule has 2 aliphatic rings. The van der Waals surface area contributed by atoms with E-state index >= 15 is 0 Å². The number of imidazole rings is 1. The van der Waals surface area contributed by atoms with Crippen molar-refractivity contribution in [2.45, 2.75) is 24.9 Å². The zero-order valence-corrected chi connectivity index (χ0v) is 13.6. The third kappa shape index (κ3) is 1.92. The van der Waals surface area contributed by atoms with Gasteiger partial charge >= 0.3 is 0 Å². The zero-order valence-electron chi connectivity index (χ0n) is 13.6. The summed E-state index contributed by atoms with van der Waals surface area (Å²) in [6.07, 6.45) is 2.29. The third-order valence-corrected chi connectivity index (χ3v) is 5.56. The SMILES string of the molecule is CN1CC2CC1Cc1nc3cc(-c4ccc(C#N)cc4)ccc3n12. The van der Waals surface area contributed by atoms with Crippen molar-refractivity contribution in [3.05, 3.63) is 53.9 Å². The number of nitrogens with zero attached hydrogens (tertiary/aromatic N) is 4. The Bertz CT molecular complexity index is 975. The number of fused-ring (bicyclic) bond motifs is 6. The molecule has 2 aromatic carbocycles. The van der Waals surface area contributed by atoms with Gasteiger partial charge in [-0.25, -0.2) is 4.98 Å². The minimum absolute atomic E-state index is 0.564. The number of nitriles is 1. The second-order valence-electron chi connectivity index (χ2n) is 6.98. The molecule has 0 N–H and O–H groups in total. The quantitative estimate of drug-likeness (QED) is 0.692. The van der Waals surface area contributed by atoms with Crippen LogP contribution in [-0.4, -0.2) is 34.1 Å². The van der Waals surface area contributed by atoms with Crippen LogP contribution in [0.2, 0.25) is 0 Å². The molecule has 24 heavy (non-hydrogen) atoms. The van der Waals surface area contributed by atoms with E-state index in [4.69, 9.17) is 10.2 Å². The third-order valence-electron chi connectivity index (χ3n) is 5.56. The number of benzene rings is 2. The van der Waals surface area contributed by atoms with E-state index in [1.165, 1.54) is 17.8 Å². The first-order valence-electron chi connectivity index (χ1n) is 8.44. The van der Waals surface area contributed by atoms with Crippen molar-refractivity contribution in [1.29, 1.82) is 5.26 Å². The van der Waals surface area contributed by atoms with Gasteiger partial charge in [0.2, 0.25) is 0 Å². The van der Waals surface area contributed by atoms with Crippen molar-refractivity contribution >= 4 is 11.0 Å². The maximum absolute atomic E-state index is 8.94. The summed E-state index contributed by atoms with van der Waals surface area (Å²) in [5, 5.41) is 8.94. The van der Waals surface area contributed by atoms with Crippen molar-refractivity contribution in [1.82, 2.24) is 14.5 Å². The summed E-state index contributed by atoms with van der Waals surface area (Å²) in [7, 11) is 2.22. The Morgan fingerprint density at radius 3 is 2.67 bits per heavy atom.